The van der Waals surface area contributed by atoms with Crippen LogP contribution in [-0.2, 0) is 14.2 Å². The van der Waals surface area contributed by atoms with E-state index in [9.17, 15) is 0 Å². The van der Waals surface area contributed by atoms with Crippen LogP contribution in [0.5, 0.6) is 0 Å². The number of epoxide rings is 2. The molecule has 0 N–H and O–H groups in total. The molecule has 6 rings (SSSR count). The van der Waals surface area contributed by atoms with Gasteiger partial charge in [0.25, 0.3) is 0 Å². The molecule has 3 heteroatoms. The van der Waals surface area contributed by atoms with Crippen molar-refractivity contribution in [2.45, 2.75) is 152 Å². The molecule has 0 bridgehead atoms. The maximum atomic E-state index is 8.18. The largest absolute Gasteiger partial charge is 0.370 e. The van der Waals surface area contributed by atoms with Crippen LogP contribution in [0.4, 0.5) is 0 Å². The molecule has 4 saturated carbocycles. The third-order valence-corrected chi connectivity index (χ3v) is 11.0. The lowest BCUT2D eigenvalue weighted by Gasteiger charge is -2.57. The third kappa shape index (κ3) is 4.46. The Morgan fingerprint density at radius 2 is 0.636 bits per heavy atom. The Hall–Kier alpha value is -0.120. The molecule has 0 radical (unpaired) electrons. The number of hydrogen-bond donors (Lipinski definition) is 0. The molecule has 6 aliphatic rings. The van der Waals surface area contributed by atoms with Gasteiger partial charge in [-0.05, 0) is 75.0 Å². The molecule has 0 aromatic heterocycles. The van der Waals surface area contributed by atoms with Crippen molar-refractivity contribution in [1.82, 2.24) is 0 Å². The molecule has 0 spiro atoms. The van der Waals surface area contributed by atoms with Gasteiger partial charge in [0.1, 0.15) is 23.4 Å². The summed E-state index contributed by atoms with van der Waals surface area (Å²) in [6.07, 6.45) is 28.5. The van der Waals surface area contributed by atoms with Crippen LogP contribution in [0.3, 0.4) is 0 Å². The molecule has 2 aliphatic heterocycles. The monoisotopic (exact) mass is 458 g/mol. The van der Waals surface area contributed by atoms with Crippen LogP contribution in [0, 0.1) is 23.7 Å². The minimum Gasteiger partial charge on any atom is -0.370 e. The van der Waals surface area contributed by atoms with Crippen LogP contribution < -0.4 is 0 Å². The maximum Gasteiger partial charge on any atom is 0.110 e. The van der Waals surface area contributed by atoms with E-state index >= 15 is 0 Å². The Balaban J connectivity index is 1.42. The molecule has 2 unspecified atom stereocenters. The van der Waals surface area contributed by atoms with Crippen LogP contribution in [0.15, 0.2) is 0 Å². The van der Waals surface area contributed by atoms with Crippen molar-refractivity contribution in [2.24, 2.45) is 23.7 Å². The van der Waals surface area contributed by atoms with E-state index < -0.39 is 0 Å². The quantitative estimate of drug-likeness (QED) is 0.351. The summed E-state index contributed by atoms with van der Waals surface area (Å²) in [5.74, 6) is 2.80. The Kier molecular flexibility index (Phi) is 7.12. The topological polar surface area (TPSA) is 34.3 Å². The van der Waals surface area contributed by atoms with E-state index in [0.29, 0.717) is 35.9 Å². The fourth-order valence-corrected chi connectivity index (χ4v) is 9.32. The molecule has 0 amide bonds. The Labute approximate surface area is 203 Å². The Morgan fingerprint density at radius 3 is 0.848 bits per heavy atom. The summed E-state index contributed by atoms with van der Waals surface area (Å²) in [6.45, 7) is 1.90. The van der Waals surface area contributed by atoms with Gasteiger partial charge in [-0.15, -0.1) is 0 Å². The molecule has 6 fully saturated rings. The van der Waals surface area contributed by atoms with E-state index in [1.54, 1.807) is 0 Å². The highest BCUT2D eigenvalue weighted by Gasteiger charge is 2.66. The van der Waals surface area contributed by atoms with E-state index in [2.05, 4.69) is 0 Å². The lowest BCUT2D eigenvalue weighted by Crippen LogP contribution is -2.64. The fraction of sp³-hybridized carbons (Fsp3) is 1.00. The van der Waals surface area contributed by atoms with Crippen molar-refractivity contribution in [3.63, 3.8) is 0 Å². The molecule has 4 aliphatic carbocycles. The SMILES string of the molecule is C1CCC(C(OC(C2CCCCC2)(C2CCCCC2)C2CO2)(C2CCCCC2)C2CO2)CC1. The normalized spacial score (nSPS) is 33.8. The van der Waals surface area contributed by atoms with E-state index in [1.165, 1.54) is 128 Å². The molecule has 33 heavy (non-hydrogen) atoms. The molecule has 3 nitrogen and oxygen atoms in total. The van der Waals surface area contributed by atoms with Gasteiger partial charge >= 0.3 is 0 Å². The summed E-state index contributed by atoms with van der Waals surface area (Å²) >= 11 is 0. The van der Waals surface area contributed by atoms with Gasteiger partial charge in [-0.1, -0.05) is 77.0 Å². The first kappa shape index (κ1) is 23.3. The maximum absolute atomic E-state index is 8.18. The zero-order chi connectivity index (χ0) is 22.1. The second-order valence-electron chi connectivity index (χ2n) is 12.8. The van der Waals surface area contributed by atoms with E-state index in [-0.39, 0.29) is 11.2 Å². The Bertz CT molecular complexity index is 524. The van der Waals surface area contributed by atoms with Crippen molar-refractivity contribution >= 4 is 0 Å². The van der Waals surface area contributed by atoms with Gasteiger partial charge in [0.2, 0.25) is 0 Å². The smallest absolute Gasteiger partial charge is 0.110 e. The second kappa shape index (κ2) is 10.1. The van der Waals surface area contributed by atoms with E-state index in [1.807, 2.05) is 0 Å². The predicted molar refractivity (Wildman–Crippen MR) is 132 cm³/mol. The van der Waals surface area contributed by atoms with Crippen LogP contribution in [-0.4, -0.2) is 36.6 Å². The summed E-state index contributed by atoms with van der Waals surface area (Å²) in [5, 5.41) is 0. The minimum atomic E-state index is -0.0400. The van der Waals surface area contributed by atoms with Gasteiger partial charge in [-0.2, -0.15) is 0 Å². The standard InChI is InChI=1S/C30H50O3/c1-5-13-23(14-6-1)29(27-21-31-27,24-15-7-2-8-16-24)33-30(28-22-32-28,25-17-9-3-10-18-25)26-19-11-4-12-20-26/h23-28H,1-22H2. The van der Waals surface area contributed by atoms with Gasteiger partial charge in [-0.3, -0.25) is 0 Å². The Morgan fingerprint density at radius 1 is 0.394 bits per heavy atom. The number of ether oxygens (including phenoxy) is 3. The highest BCUT2D eigenvalue weighted by atomic mass is 16.6. The van der Waals surface area contributed by atoms with Crippen molar-refractivity contribution in [3.05, 3.63) is 0 Å². The lowest BCUT2D eigenvalue weighted by molar-refractivity contribution is -0.274. The summed E-state index contributed by atoms with van der Waals surface area (Å²) < 4.78 is 20.9. The van der Waals surface area contributed by atoms with Crippen LogP contribution >= 0.6 is 0 Å². The molecule has 0 aromatic carbocycles. The van der Waals surface area contributed by atoms with E-state index in [0.717, 1.165) is 13.2 Å². The van der Waals surface area contributed by atoms with Crippen molar-refractivity contribution in [2.75, 3.05) is 13.2 Å². The molecule has 2 saturated heterocycles. The van der Waals surface area contributed by atoms with Crippen LogP contribution in [0.1, 0.15) is 128 Å². The van der Waals surface area contributed by atoms with Gasteiger partial charge in [0.15, 0.2) is 0 Å². The summed E-state index contributed by atoms with van der Waals surface area (Å²) in [7, 11) is 0. The van der Waals surface area contributed by atoms with Gasteiger partial charge in [-0.25, -0.2) is 0 Å². The summed E-state index contributed by atoms with van der Waals surface area (Å²) in [5.41, 5.74) is -0.0800. The van der Waals surface area contributed by atoms with Crippen molar-refractivity contribution in [1.29, 1.82) is 0 Å². The van der Waals surface area contributed by atoms with Crippen LogP contribution in [0.2, 0.25) is 0 Å². The molecule has 0 aromatic rings. The predicted octanol–water partition coefficient (Wildman–Crippen LogP) is 7.60. The van der Waals surface area contributed by atoms with E-state index in [4.69, 9.17) is 14.2 Å². The first-order valence-electron chi connectivity index (χ1n) is 15.3. The molecule has 188 valence electrons. The van der Waals surface area contributed by atoms with Crippen LogP contribution in [0.25, 0.3) is 0 Å². The van der Waals surface area contributed by atoms with Gasteiger partial charge in [0, 0.05) is 0 Å². The fourth-order valence-electron chi connectivity index (χ4n) is 9.32. The molecular weight excluding hydrogens is 408 g/mol. The molecule has 2 atom stereocenters. The van der Waals surface area contributed by atoms with Crippen molar-refractivity contribution < 1.29 is 14.2 Å². The molecular formula is C30H50O3. The second-order valence-corrected chi connectivity index (χ2v) is 12.8. The highest BCUT2D eigenvalue weighted by molar-refractivity contribution is 5.13. The lowest BCUT2D eigenvalue weighted by atomic mass is 9.61. The minimum absolute atomic E-state index is 0.0400. The number of rotatable bonds is 8. The summed E-state index contributed by atoms with van der Waals surface area (Å²) in [4.78, 5) is 0. The van der Waals surface area contributed by atoms with Gasteiger partial charge in [0.05, 0.1) is 13.2 Å². The summed E-state index contributed by atoms with van der Waals surface area (Å²) in [6, 6.07) is 0. The van der Waals surface area contributed by atoms with Gasteiger partial charge < -0.3 is 14.2 Å². The van der Waals surface area contributed by atoms with Crippen molar-refractivity contribution in [3.8, 4) is 0 Å². The first-order valence-corrected chi connectivity index (χ1v) is 15.3. The first-order chi connectivity index (χ1) is 16.3. The number of hydrogen-bond acceptors (Lipinski definition) is 3. The molecule has 2 heterocycles. The zero-order valence-electron chi connectivity index (χ0n) is 21.2. The third-order valence-electron chi connectivity index (χ3n) is 11.0. The zero-order valence-corrected chi connectivity index (χ0v) is 21.2. The highest BCUT2D eigenvalue weighted by Crippen LogP contribution is 2.59. The average Bonchev–Trinajstić information content (AvgIpc) is 3.81. The average molecular weight is 459 g/mol.